The van der Waals surface area contributed by atoms with Gasteiger partial charge in [0.05, 0.1) is 11.5 Å². The normalized spacial score (nSPS) is 15.8. The summed E-state index contributed by atoms with van der Waals surface area (Å²) in [6.07, 6.45) is 0.663. The smallest absolute Gasteiger partial charge is 0.342 e. The van der Waals surface area contributed by atoms with Crippen molar-refractivity contribution in [2.24, 2.45) is 0 Å². The average molecular weight is 293 g/mol. The van der Waals surface area contributed by atoms with Crippen LogP contribution in [-0.4, -0.2) is 53.5 Å². The first-order chi connectivity index (χ1) is 9.91. The third-order valence-corrected chi connectivity index (χ3v) is 3.44. The summed E-state index contributed by atoms with van der Waals surface area (Å²) in [5.74, 6) is -1.51. The summed E-state index contributed by atoms with van der Waals surface area (Å²) in [6.45, 7) is 1.03. The molecule has 2 rings (SSSR count). The van der Waals surface area contributed by atoms with Gasteiger partial charge in [-0.2, -0.15) is 0 Å². The molecule has 0 unspecified atom stereocenters. The molecule has 21 heavy (non-hydrogen) atoms. The lowest BCUT2D eigenvalue weighted by Gasteiger charge is -2.22. The first kappa shape index (κ1) is 14.8. The monoisotopic (exact) mass is 293 g/mol. The molecule has 1 aromatic rings. The molecule has 1 aromatic carbocycles. The Kier molecular flexibility index (Phi) is 4.06. The van der Waals surface area contributed by atoms with E-state index in [0.29, 0.717) is 19.5 Å². The molecule has 0 radical (unpaired) electrons. The summed E-state index contributed by atoms with van der Waals surface area (Å²) in [4.78, 5) is 36.7. The largest absolute Gasteiger partial charge is 0.477 e. The second-order valence-electron chi connectivity index (χ2n) is 4.83. The number of hydrogen-bond acceptors (Lipinski definition) is 5. The predicted octanol–water partition coefficient (Wildman–Crippen LogP) is 0.961. The molecule has 0 aliphatic carbocycles. The highest BCUT2D eigenvalue weighted by Gasteiger charge is 2.29. The minimum absolute atomic E-state index is 0.000409. The van der Waals surface area contributed by atoms with E-state index in [0.717, 1.165) is 0 Å². The maximum atomic E-state index is 11.9. The zero-order valence-electron chi connectivity index (χ0n) is 11.5. The quantitative estimate of drug-likeness (QED) is 0.657. The van der Waals surface area contributed by atoms with Gasteiger partial charge in [0.25, 0.3) is 0 Å². The number of carboxylic acids is 1. The standard InChI is InChI=1S/C13H15N3O5/c1-14-6-3-7-15(8-11(14)17)10-5-2-4-9(13(18)19)12(10)16(20)21/h2,4-5H,3,6-8H2,1H3,(H,18,19). The zero-order chi connectivity index (χ0) is 15.6. The van der Waals surface area contributed by atoms with Crippen molar-refractivity contribution in [3.05, 3.63) is 33.9 Å². The van der Waals surface area contributed by atoms with Crippen LogP contribution in [0.5, 0.6) is 0 Å². The number of rotatable bonds is 3. The maximum absolute atomic E-state index is 11.9. The van der Waals surface area contributed by atoms with E-state index in [1.54, 1.807) is 16.8 Å². The van der Waals surface area contributed by atoms with Crippen LogP contribution in [0.25, 0.3) is 0 Å². The summed E-state index contributed by atoms with van der Waals surface area (Å²) in [7, 11) is 1.67. The van der Waals surface area contributed by atoms with Crippen molar-refractivity contribution in [1.29, 1.82) is 0 Å². The summed E-state index contributed by atoms with van der Waals surface area (Å²) >= 11 is 0. The van der Waals surface area contributed by atoms with Gasteiger partial charge in [-0.15, -0.1) is 0 Å². The molecule has 1 fully saturated rings. The van der Waals surface area contributed by atoms with Gasteiger partial charge < -0.3 is 14.9 Å². The number of nitrogens with zero attached hydrogens (tertiary/aromatic N) is 3. The lowest BCUT2D eigenvalue weighted by Crippen LogP contribution is -2.34. The van der Waals surface area contributed by atoms with Crippen molar-refractivity contribution in [2.45, 2.75) is 6.42 Å². The maximum Gasteiger partial charge on any atom is 0.342 e. The van der Waals surface area contributed by atoms with Crippen LogP contribution in [0.4, 0.5) is 11.4 Å². The Morgan fingerprint density at radius 3 is 2.71 bits per heavy atom. The van der Waals surface area contributed by atoms with Crippen molar-refractivity contribution in [3.8, 4) is 0 Å². The molecular formula is C13H15N3O5. The third kappa shape index (κ3) is 2.93. The van der Waals surface area contributed by atoms with E-state index in [-0.39, 0.29) is 23.7 Å². The van der Waals surface area contributed by atoms with Gasteiger partial charge in [0.15, 0.2) is 0 Å². The highest BCUT2D eigenvalue weighted by atomic mass is 16.6. The minimum Gasteiger partial charge on any atom is -0.477 e. The lowest BCUT2D eigenvalue weighted by atomic mass is 10.1. The molecule has 0 atom stereocenters. The van der Waals surface area contributed by atoms with E-state index >= 15 is 0 Å². The highest BCUT2D eigenvalue weighted by molar-refractivity contribution is 5.96. The van der Waals surface area contributed by atoms with Crippen LogP contribution in [0.2, 0.25) is 0 Å². The summed E-state index contributed by atoms with van der Waals surface area (Å²) in [6, 6.07) is 4.11. The zero-order valence-corrected chi connectivity index (χ0v) is 11.5. The van der Waals surface area contributed by atoms with Crippen molar-refractivity contribution >= 4 is 23.3 Å². The van der Waals surface area contributed by atoms with Crippen molar-refractivity contribution in [2.75, 3.05) is 31.6 Å². The van der Waals surface area contributed by atoms with Crippen LogP contribution in [0.3, 0.4) is 0 Å². The molecule has 1 amide bonds. The Morgan fingerprint density at radius 1 is 1.38 bits per heavy atom. The first-order valence-electron chi connectivity index (χ1n) is 6.41. The summed E-state index contributed by atoms with van der Waals surface area (Å²) in [5, 5.41) is 20.3. The second-order valence-corrected chi connectivity index (χ2v) is 4.83. The van der Waals surface area contributed by atoms with Gasteiger partial charge in [0.1, 0.15) is 11.3 Å². The Bertz CT molecular complexity index is 601. The van der Waals surface area contributed by atoms with Crippen molar-refractivity contribution < 1.29 is 19.6 Å². The van der Waals surface area contributed by atoms with E-state index < -0.39 is 16.6 Å². The van der Waals surface area contributed by atoms with E-state index in [9.17, 15) is 19.7 Å². The van der Waals surface area contributed by atoms with Crippen LogP contribution in [-0.2, 0) is 4.79 Å². The van der Waals surface area contributed by atoms with Gasteiger partial charge in [-0.25, -0.2) is 4.79 Å². The van der Waals surface area contributed by atoms with Crippen LogP contribution in [0.15, 0.2) is 18.2 Å². The fourth-order valence-corrected chi connectivity index (χ4v) is 2.34. The van der Waals surface area contributed by atoms with Crippen molar-refractivity contribution in [3.63, 3.8) is 0 Å². The lowest BCUT2D eigenvalue weighted by molar-refractivity contribution is -0.384. The number of hydrogen-bond donors (Lipinski definition) is 1. The van der Waals surface area contributed by atoms with Crippen LogP contribution < -0.4 is 4.90 Å². The molecule has 1 aliphatic heterocycles. The fraction of sp³-hybridized carbons (Fsp3) is 0.385. The number of nitro groups is 1. The molecule has 0 spiro atoms. The van der Waals surface area contributed by atoms with Gasteiger partial charge >= 0.3 is 11.7 Å². The van der Waals surface area contributed by atoms with Gasteiger partial charge in [0.2, 0.25) is 5.91 Å². The number of carboxylic acid groups (broad SMARTS) is 1. The Hall–Kier alpha value is -2.64. The molecule has 0 bridgehead atoms. The molecular weight excluding hydrogens is 278 g/mol. The predicted molar refractivity (Wildman–Crippen MR) is 74.5 cm³/mol. The Labute approximate surface area is 120 Å². The topological polar surface area (TPSA) is 104 Å². The molecule has 8 nitrogen and oxygen atoms in total. The molecule has 112 valence electrons. The molecule has 0 saturated carbocycles. The average Bonchev–Trinajstić information content (AvgIpc) is 2.60. The van der Waals surface area contributed by atoms with E-state index in [2.05, 4.69) is 0 Å². The summed E-state index contributed by atoms with van der Waals surface area (Å²) < 4.78 is 0. The number of nitro benzene ring substituents is 1. The molecule has 1 N–H and O–H groups in total. The van der Waals surface area contributed by atoms with Crippen molar-refractivity contribution in [1.82, 2.24) is 4.90 Å². The number of benzene rings is 1. The number of anilines is 1. The number of aromatic carboxylic acids is 1. The number of para-hydroxylation sites is 1. The Balaban J connectivity index is 2.48. The minimum atomic E-state index is -1.36. The van der Waals surface area contributed by atoms with E-state index in [1.165, 1.54) is 18.2 Å². The number of carbonyl (C=O) groups excluding carboxylic acids is 1. The Morgan fingerprint density at radius 2 is 2.10 bits per heavy atom. The number of amides is 1. The molecule has 1 saturated heterocycles. The van der Waals surface area contributed by atoms with E-state index in [4.69, 9.17) is 5.11 Å². The van der Waals surface area contributed by atoms with Gasteiger partial charge in [-0.05, 0) is 18.6 Å². The van der Waals surface area contributed by atoms with E-state index in [1.807, 2.05) is 0 Å². The molecule has 0 aromatic heterocycles. The molecule has 8 heteroatoms. The number of likely N-dealkylation sites (N-methyl/N-ethyl adjacent to an activating group) is 1. The SMILES string of the molecule is CN1CCCN(c2cccc(C(=O)O)c2[N+](=O)[O-])CC1=O. The molecule has 1 aliphatic rings. The van der Waals surface area contributed by atoms with Gasteiger partial charge in [0, 0.05) is 20.1 Å². The van der Waals surface area contributed by atoms with Crippen LogP contribution in [0, 0.1) is 10.1 Å². The van der Waals surface area contributed by atoms with Crippen LogP contribution >= 0.6 is 0 Å². The van der Waals surface area contributed by atoms with Crippen LogP contribution in [0.1, 0.15) is 16.8 Å². The third-order valence-electron chi connectivity index (χ3n) is 3.44. The number of carbonyl (C=O) groups is 2. The molecule has 1 heterocycles. The summed E-state index contributed by atoms with van der Waals surface area (Å²) in [5.41, 5.74) is -0.673. The van der Waals surface area contributed by atoms with Gasteiger partial charge in [-0.1, -0.05) is 6.07 Å². The van der Waals surface area contributed by atoms with Gasteiger partial charge in [-0.3, -0.25) is 14.9 Å². The first-order valence-corrected chi connectivity index (χ1v) is 6.41. The fourth-order valence-electron chi connectivity index (χ4n) is 2.34. The highest BCUT2D eigenvalue weighted by Crippen LogP contribution is 2.32. The second kappa shape index (κ2) is 5.78.